The fourth-order valence-electron chi connectivity index (χ4n) is 1.83. The van der Waals surface area contributed by atoms with Gasteiger partial charge in [-0.25, -0.2) is 0 Å². The third kappa shape index (κ3) is 3.55. The molecule has 1 aromatic carbocycles. The van der Waals surface area contributed by atoms with Crippen molar-refractivity contribution in [2.45, 2.75) is 19.0 Å². The Balaban J connectivity index is 2.00. The van der Waals surface area contributed by atoms with Gasteiger partial charge < -0.3 is 5.32 Å². The van der Waals surface area contributed by atoms with E-state index in [2.05, 4.69) is 53.7 Å². The fraction of sp³-hybridized carbons (Fsp3) is 0.200. The molecule has 88 valence electrons. The van der Waals surface area contributed by atoms with Crippen LogP contribution >= 0.6 is 11.3 Å². The molecule has 2 aromatic rings. The lowest BCUT2D eigenvalue weighted by molar-refractivity contribution is 0.542. The monoisotopic (exact) mass is 243 g/mol. The van der Waals surface area contributed by atoms with Crippen LogP contribution in [0.5, 0.6) is 0 Å². The third-order valence-electron chi connectivity index (χ3n) is 2.71. The molecule has 0 saturated heterocycles. The SMILES string of the molecule is C=CC[C@H](NCc1cccs1)c1ccccc1. The van der Waals surface area contributed by atoms with Crippen molar-refractivity contribution in [2.24, 2.45) is 0 Å². The van der Waals surface area contributed by atoms with Gasteiger partial charge in [0.15, 0.2) is 0 Å². The lowest BCUT2D eigenvalue weighted by Gasteiger charge is -2.17. The van der Waals surface area contributed by atoms with Gasteiger partial charge in [0, 0.05) is 17.5 Å². The normalized spacial score (nSPS) is 12.2. The van der Waals surface area contributed by atoms with Gasteiger partial charge in [-0.15, -0.1) is 17.9 Å². The number of hydrogen-bond donors (Lipinski definition) is 1. The number of rotatable bonds is 6. The van der Waals surface area contributed by atoms with Crippen LogP contribution < -0.4 is 5.32 Å². The van der Waals surface area contributed by atoms with Crippen LogP contribution in [0.3, 0.4) is 0 Å². The fourth-order valence-corrected chi connectivity index (χ4v) is 2.48. The van der Waals surface area contributed by atoms with Crippen LogP contribution in [-0.2, 0) is 6.54 Å². The van der Waals surface area contributed by atoms with E-state index in [0.29, 0.717) is 6.04 Å². The van der Waals surface area contributed by atoms with Crippen molar-refractivity contribution in [3.05, 3.63) is 70.9 Å². The molecular weight excluding hydrogens is 226 g/mol. The van der Waals surface area contributed by atoms with Crippen molar-refractivity contribution in [2.75, 3.05) is 0 Å². The smallest absolute Gasteiger partial charge is 0.0358 e. The number of nitrogens with one attached hydrogen (secondary N) is 1. The molecule has 0 fully saturated rings. The van der Waals surface area contributed by atoms with E-state index in [1.807, 2.05) is 12.1 Å². The Labute approximate surface area is 107 Å². The van der Waals surface area contributed by atoms with E-state index in [-0.39, 0.29) is 0 Å². The van der Waals surface area contributed by atoms with Gasteiger partial charge >= 0.3 is 0 Å². The minimum absolute atomic E-state index is 0.357. The van der Waals surface area contributed by atoms with E-state index in [9.17, 15) is 0 Å². The highest BCUT2D eigenvalue weighted by Crippen LogP contribution is 2.18. The molecule has 0 aliphatic heterocycles. The van der Waals surface area contributed by atoms with Crippen molar-refractivity contribution < 1.29 is 0 Å². The summed E-state index contributed by atoms with van der Waals surface area (Å²) in [6.45, 7) is 4.76. The molecule has 17 heavy (non-hydrogen) atoms. The zero-order chi connectivity index (χ0) is 11.9. The van der Waals surface area contributed by atoms with Gasteiger partial charge in [0.1, 0.15) is 0 Å². The molecule has 1 atom stereocenters. The molecular formula is C15H17NS. The summed E-state index contributed by atoms with van der Waals surface area (Å²) in [5.74, 6) is 0. The lowest BCUT2D eigenvalue weighted by Crippen LogP contribution is -2.19. The molecule has 0 spiro atoms. The third-order valence-corrected chi connectivity index (χ3v) is 3.58. The van der Waals surface area contributed by atoms with Crippen LogP contribution in [0.2, 0.25) is 0 Å². The van der Waals surface area contributed by atoms with E-state index in [1.54, 1.807) is 11.3 Å². The average molecular weight is 243 g/mol. The van der Waals surface area contributed by atoms with Crippen molar-refractivity contribution in [3.8, 4) is 0 Å². The van der Waals surface area contributed by atoms with Gasteiger partial charge in [0.05, 0.1) is 0 Å². The highest BCUT2D eigenvalue weighted by molar-refractivity contribution is 7.09. The predicted molar refractivity (Wildman–Crippen MR) is 75.2 cm³/mol. The molecule has 1 heterocycles. The molecule has 0 radical (unpaired) electrons. The zero-order valence-electron chi connectivity index (χ0n) is 9.80. The standard InChI is InChI=1S/C15H17NS/c1-2-7-15(13-8-4-3-5-9-13)16-12-14-10-6-11-17-14/h2-6,8-11,15-16H,1,7,12H2/t15-/m0/s1. The first-order chi connectivity index (χ1) is 8.40. The summed E-state index contributed by atoms with van der Waals surface area (Å²) in [6.07, 6.45) is 2.93. The summed E-state index contributed by atoms with van der Waals surface area (Å²) < 4.78 is 0. The summed E-state index contributed by atoms with van der Waals surface area (Å²) in [7, 11) is 0. The van der Waals surface area contributed by atoms with Crippen LogP contribution in [0.1, 0.15) is 22.9 Å². The second-order valence-corrected chi connectivity index (χ2v) is 4.98. The van der Waals surface area contributed by atoms with E-state index >= 15 is 0 Å². The Bertz CT molecular complexity index is 433. The molecule has 0 aliphatic carbocycles. The first-order valence-electron chi connectivity index (χ1n) is 5.82. The van der Waals surface area contributed by atoms with Crippen LogP contribution in [0.15, 0.2) is 60.5 Å². The van der Waals surface area contributed by atoms with Gasteiger partial charge in [-0.2, -0.15) is 0 Å². The molecule has 0 aliphatic rings. The quantitative estimate of drug-likeness (QED) is 0.751. The minimum Gasteiger partial charge on any atom is -0.305 e. The summed E-state index contributed by atoms with van der Waals surface area (Å²) in [6, 6.07) is 15.1. The minimum atomic E-state index is 0.357. The maximum Gasteiger partial charge on any atom is 0.0358 e. The maximum absolute atomic E-state index is 3.83. The zero-order valence-corrected chi connectivity index (χ0v) is 10.6. The number of thiophene rings is 1. The van der Waals surface area contributed by atoms with Crippen molar-refractivity contribution in [1.29, 1.82) is 0 Å². The molecule has 0 unspecified atom stereocenters. The summed E-state index contributed by atoms with van der Waals surface area (Å²) >= 11 is 1.79. The molecule has 1 N–H and O–H groups in total. The molecule has 0 amide bonds. The molecule has 2 rings (SSSR count). The van der Waals surface area contributed by atoms with Crippen molar-refractivity contribution in [1.82, 2.24) is 5.32 Å². The van der Waals surface area contributed by atoms with Gasteiger partial charge in [0.2, 0.25) is 0 Å². The topological polar surface area (TPSA) is 12.0 Å². The molecule has 0 saturated carbocycles. The number of benzene rings is 1. The highest BCUT2D eigenvalue weighted by atomic mass is 32.1. The Kier molecular flexibility index (Phi) is 4.54. The van der Waals surface area contributed by atoms with E-state index in [0.717, 1.165) is 13.0 Å². The van der Waals surface area contributed by atoms with E-state index in [4.69, 9.17) is 0 Å². The van der Waals surface area contributed by atoms with Crippen LogP contribution in [-0.4, -0.2) is 0 Å². The van der Waals surface area contributed by atoms with Gasteiger partial charge in [-0.1, -0.05) is 42.5 Å². The summed E-state index contributed by atoms with van der Waals surface area (Å²) in [5.41, 5.74) is 1.32. The molecule has 2 heteroatoms. The van der Waals surface area contributed by atoms with Gasteiger partial charge in [0.25, 0.3) is 0 Å². The number of hydrogen-bond acceptors (Lipinski definition) is 2. The van der Waals surface area contributed by atoms with Gasteiger partial charge in [-0.05, 0) is 23.4 Å². The van der Waals surface area contributed by atoms with Gasteiger partial charge in [-0.3, -0.25) is 0 Å². The predicted octanol–water partition coefficient (Wildman–Crippen LogP) is 4.16. The molecule has 0 bridgehead atoms. The summed E-state index contributed by atoms with van der Waals surface area (Å²) in [4.78, 5) is 1.37. The maximum atomic E-state index is 3.83. The Hall–Kier alpha value is -1.38. The van der Waals surface area contributed by atoms with E-state index < -0.39 is 0 Å². The second-order valence-electron chi connectivity index (χ2n) is 3.95. The average Bonchev–Trinajstić information content (AvgIpc) is 2.88. The largest absolute Gasteiger partial charge is 0.305 e. The molecule has 1 aromatic heterocycles. The Morgan fingerprint density at radius 3 is 2.65 bits per heavy atom. The Morgan fingerprint density at radius 2 is 2.00 bits per heavy atom. The first-order valence-corrected chi connectivity index (χ1v) is 6.69. The lowest BCUT2D eigenvalue weighted by atomic mass is 10.0. The Morgan fingerprint density at radius 1 is 1.18 bits per heavy atom. The highest BCUT2D eigenvalue weighted by Gasteiger charge is 2.08. The van der Waals surface area contributed by atoms with E-state index in [1.165, 1.54) is 10.4 Å². The second kappa shape index (κ2) is 6.38. The molecule has 1 nitrogen and oxygen atoms in total. The van der Waals surface area contributed by atoms with Crippen LogP contribution in [0.25, 0.3) is 0 Å². The summed E-state index contributed by atoms with van der Waals surface area (Å²) in [5, 5.41) is 5.69. The van der Waals surface area contributed by atoms with Crippen LogP contribution in [0, 0.1) is 0 Å². The first kappa shape index (κ1) is 12.1. The van der Waals surface area contributed by atoms with Crippen molar-refractivity contribution in [3.63, 3.8) is 0 Å². The van der Waals surface area contributed by atoms with Crippen molar-refractivity contribution >= 4 is 11.3 Å². The van der Waals surface area contributed by atoms with Crippen LogP contribution in [0.4, 0.5) is 0 Å².